The predicted octanol–water partition coefficient (Wildman–Crippen LogP) is 5.37. The van der Waals surface area contributed by atoms with Crippen molar-refractivity contribution in [3.8, 4) is 22.8 Å². The predicted molar refractivity (Wildman–Crippen MR) is 106 cm³/mol. The molecule has 1 N–H and O–H groups in total. The van der Waals surface area contributed by atoms with Crippen LogP contribution in [0.15, 0.2) is 85.1 Å². The molecular formula is C23H19FN2O2. The number of para-hydroxylation sites is 1. The van der Waals surface area contributed by atoms with Gasteiger partial charge in [-0.05, 0) is 48.0 Å². The van der Waals surface area contributed by atoms with Crippen LogP contribution in [0.3, 0.4) is 0 Å². The van der Waals surface area contributed by atoms with E-state index in [4.69, 9.17) is 9.47 Å². The highest BCUT2D eigenvalue weighted by molar-refractivity contribution is 5.59. The smallest absolute Gasteiger partial charge is 0.146 e. The Morgan fingerprint density at radius 1 is 0.750 bits per heavy atom. The summed E-state index contributed by atoms with van der Waals surface area (Å²) in [5, 5.41) is 0. The third-order valence-corrected chi connectivity index (χ3v) is 4.26. The maximum atomic E-state index is 13.7. The molecule has 5 heteroatoms. The van der Waals surface area contributed by atoms with Crippen LogP contribution in [0.5, 0.6) is 11.5 Å². The van der Waals surface area contributed by atoms with Crippen LogP contribution in [0.2, 0.25) is 0 Å². The summed E-state index contributed by atoms with van der Waals surface area (Å²) in [6.07, 6.45) is 1.78. The van der Waals surface area contributed by atoms with Crippen LogP contribution in [-0.2, 0) is 13.2 Å². The highest BCUT2D eigenvalue weighted by Gasteiger charge is 2.06. The van der Waals surface area contributed by atoms with E-state index in [2.05, 4.69) is 9.97 Å². The first-order chi connectivity index (χ1) is 13.8. The molecule has 4 rings (SSSR count). The van der Waals surface area contributed by atoms with Gasteiger partial charge in [-0.3, -0.25) is 0 Å². The van der Waals surface area contributed by atoms with E-state index in [0.29, 0.717) is 17.9 Å². The van der Waals surface area contributed by atoms with Crippen molar-refractivity contribution < 1.29 is 13.9 Å². The van der Waals surface area contributed by atoms with Gasteiger partial charge >= 0.3 is 0 Å². The van der Waals surface area contributed by atoms with Crippen molar-refractivity contribution in [2.24, 2.45) is 0 Å². The first-order valence-electron chi connectivity index (χ1n) is 8.96. The lowest BCUT2D eigenvalue weighted by Crippen LogP contribution is -1.98. The second-order valence-corrected chi connectivity index (χ2v) is 6.25. The summed E-state index contributed by atoms with van der Waals surface area (Å²) in [6, 6.07) is 23.8. The van der Waals surface area contributed by atoms with Gasteiger partial charge < -0.3 is 14.5 Å². The molecule has 0 saturated heterocycles. The largest absolute Gasteiger partial charge is 0.489 e. The van der Waals surface area contributed by atoms with Crippen molar-refractivity contribution in [3.05, 3.63) is 102 Å². The van der Waals surface area contributed by atoms with E-state index in [0.717, 1.165) is 22.8 Å². The molecule has 0 amide bonds. The van der Waals surface area contributed by atoms with Crippen molar-refractivity contribution in [2.75, 3.05) is 0 Å². The fraction of sp³-hybridized carbons (Fsp3) is 0.0870. The topological polar surface area (TPSA) is 47.1 Å². The summed E-state index contributed by atoms with van der Waals surface area (Å²) >= 11 is 0. The molecule has 0 aliphatic carbocycles. The molecule has 28 heavy (non-hydrogen) atoms. The maximum Gasteiger partial charge on any atom is 0.146 e. The lowest BCUT2D eigenvalue weighted by Gasteiger charge is -2.07. The number of halogens is 1. The van der Waals surface area contributed by atoms with Gasteiger partial charge in [-0.1, -0.05) is 36.4 Å². The fourth-order valence-corrected chi connectivity index (χ4v) is 2.76. The molecule has 0 aliphatic rings. The van der Waals surface area contributed by atoms with Crippen LogP contribution in [0.1, 0.15) is 11.4 Å². The molecular weight excluding hydrogens is 355 g/mol. The molecule has 4 aromatic rings. The summed E-state index contributed by atoms with van der Waals surface area (Å²) < 4.78 is 25.0. The average molecular weight is 374 g/mol. The maximum absolute atomic E-state index is 13.7. The number of rotatable bonds is 7. The second kappa shape index (κ2) is 8.39. The van der Waals surface area contributed by atoms with Gasteiger partial charge in [0.15, 0.2) is 0 Å². The van der Waals surface area contributed by atoms with Crippen LogP contribution in [0.25, 0.3) is 11.3 Å². The summed E-state index contributed by atoms with van der Waals surface area (Å²) in [6.45, 7) is 0.560. The highest BCUT2D eigenvalue weighted by atomic mass is 19.1. The zero-order chi connectivity index (χ0) is 19.2. The van der Waals surface area contributed by atoms with Crippen LogP contribution < -0.4 is 9.47 Å². The van der Waals surface area contributed by atoms with Gasteiger partial charge in [0.2, 0.25) is 0 Å². The van der Waals surface area contributed by atoms with Gasteiger partial charge in [0.05, 0.1) is 11.9 Å². The van der Waals surface area contributed by atoms with Gasteiger partial charge in [-0.25, -0.2) is 9.37 Å². The number of hydrogen-bond acceptors (Lipinski definition) is 3. The van der Waals surface area contributed by atoms with Gasteiger partial charge in [0.25, 0.3) is 0 Å². The molecule has 0 fully saturated rings. The Balaban J connectivity index is 1.36. The number of H-pyrrole nitrogens is 1. The number of imidazole rings is 1. The minimum atomic E-state index is -0.262. The lowest BCUT2D eigenvalue weighted by molar-refractivity contribution is 0.297. The molecule has 0 atom stereocenters. The molecule has 140 valence electrons. The van der Waals surface area contributed by atoms with E-state index in [1.165, 1.54) is 6.07 Å². The normalized spacial score (nSPS) is 10.6. The first-order valence-corrected chi connectivity index (χ1v) is 8.96. The molecule has 0 bridgehead atoms. The monoisotopic (exact) mass is 374 g/mol. The first kappa shape index (κ1) is 17.8. The van der Waals surface area contributed by atoms with E-state index in [1.807, 2.05) is 54.6 Å². The number of nitrogens with zero attached hydrogens (tertiary/aromatic N) is 1. The Bertz CT molecular complexity index is 1030. The molecule has 0 saturated carbocycles. The Morgan fingerprint density at radius 3 is 2.21 bits per heavy atom. The number of benzene rings is 3. The Hall–Kier alpha value is -3.60. The summed E-state index contributed by atoms with van der Waals surface area (Å²) in [5.41, 5.74) is 2.41. The number of ether oxygens (including phenoxy) is 2. The molecule has 1 aromatic heterocycles. The average Bonchev–Trinajstić information content (AvgIpc) is 3.22. The number of aromatic nitrogens is 2. The summed E-state index contributed by atoms with van der Waals surface area (Å²) in [7, 11) is 0. The number of nitrogens with one attached hydrogen (secondary N) is 1. The Morgan fingerprint density at radius 2 is 1.43 bits per heavy atom. The molecule has 1 heterocycles. The van der Waals surface area contributed by atoms with Crippen LogP contribution in [0.4, 0.5) is 4.39 Å². The molecule has 3 aromatic carbocycles. The van der Waals surface area contributed by atoms with Gasteiger partial charge in [-0.15, -0.1) is 0 Å². The van der Waals surface area contributed by atoms with E-state index in [-0.39, 0.29) is 12.4 Å². The Kier molecular flexibility index (Phi) is 5.33. The van der Waals surface area contributed by atoms with Crippen molar-refractivity contribution in [2.45, 2.75) is 13.2 Å². The zero-order valence-corrected chi connectivity index (χ0v) is 15.1. The van der Waals surface area contributed by atoms with Crippen LogP contribution in [-0.4, -0.2) is 9.97 Å². The molecule has 0 unspecified atom stereocenters. The molecule has 0 spiro atoms. The standard InChI is InChI=1S/C23H19FN2O2/c24-21-9-5-4-6-18(21)15-27-20-12-10-17(11-13-20)22-14-25-23(26-22)16-28-19-7-2-1-3-8-19/h1-14H,15-16H2,(H,25,26). The molecule has 4 nitrogen and oxygen atoms in total. The van der Waals surface area contributed by atoms with Crippen molar-refractivity contribution in [1.82, 2.24) is 9.97 Å². The van der Waals surface area contributed by atoms with E-state index < -0.39 is 0 Å². The third kappa shape index (κ3) is 4.38. The van der Waals surface area contributed by atoms with Crippen LogP contribution in [0, 0.1) is 5.82 Å². The number of aromatic amines is 1. The number of hydrogen-bond donors (Lipinski definition) is 1. The highest BCUT2D eigenvalue weighted by Crippen LogP contribution is 2.22. The van der Waals surface area contributed by atoms with Crippen LogP contribution >= 0.6 is 0 Å². The van der Waals surface area contributed by atoms with Gasteiger partial charge in [0, 0.05) is 5.56 Å². The minimum absolute atomic E-state index is 0.192. The zero-order valence-electron chi connectivity index (χ0n) is 15.1. The Labute approximate surface area is 162 Å². The van der Waals surface area contributed by atoms with Gasteiger partial charge in [0.1, 0.15) is 36.4 Å². The van der Waals surface area contributed by atoms with E-state index in [9.17, 15) is 4.39 Å². The second-order valence-electron chi connectivity index (χ2n) is 6.25. The quantitative estimate of drug-likeness (QED) is 0.473. The molecule has 0 aliphatic heterocycles. The van der Waals surface area contributed by atoms with E-state index >= 15 is 0 Å². The van der Waals surface area contributed by atoms with Crippen molar-refractivity contribution in [3.63, 3.8) is 0 Å². The SMILES string of the molecule is Fc1ccccc1COc1ccc(-c2cnc(COc3ccccc3)[nH]2)cc1. The summed E-state index contributed by atoms with van der Waals surface area (Å²) in [5.74, 6) is 1.97. The van der Waals surface area contributed by atoms with E-state index in [1.54, 1.807) is 24.4 Å². The van der Waals surface area contributed by atoms with Gasteiger partial charge in [-0.2, -0.15) is 0 Å². The molecule has 0 radical (unpaired) electrons. The lowest BCUT2D eigenvalue weighted by atomic mass is 10.1. The third-order valence-electron chi connectivity index (χ3n) is 4.26. The summed E-state index contributed by atoms with van der Waals surface area (Å²) in [4.78, 5) is 7.62. The fourth-order valence-electron chi connectivity index (χ4n) is 2.76. The van der Waals surface area contributed by atoms with Crippen molar-refractivity contribution >= 4 is 0 Å². The van der Waals surface area contributed by atoms with Crippen molar-refractivity contribution in [1.29, 1.82) is 0 Å². The minimum Gasteiger partial charge on any atom is -0.489 e.